The Balaban J connectivity index is 2.62. The van der Waals surface area contributed by atoms with Gasteiger partial charge in [0.2, 0.25) is 5.88 Å². The van der Waals surface area contributed by atoms with Crippen molar-refractivity contribution in [1.82, 2.24) is 5.16 Å². The number of nitrogens with two attached hydrogens (primary N) is 1. The molecule has 0 aliphatic rings. The van der Waals surface area contributed by atoms with Crippen LogP contribution >= 0.6 is 0 Å². The maximum Gasteiger partial charge on any atom is 0.225 e. The Bertz CT molecular complexity index is 523. The molecule has 5 heteroatoms. The average molecular weight is 224 g/mol. The topological polar surface area (TPSA) is 52.0 Å². The van der Waals surface area contributed by atoms with E-state index in [1.807, 2.05) is 6.92 Å². The van der Waals surface area contributed by atoms with Crippen molar-refractivity contribution in [3.8, 4) is 11.3 Å². The van der Waals surface area contributed by atoms with Crippen molar-refractivity contribution < 1.29 is 13.3 Å². The Kier molecular flexibility index (Phi) is 2.60. The van der Waals surface area contributed by atoms with Crippen LogP contribution in [0, 0.1) is 11.6 Å². The van der Waals surface area contributed by atoms with E-state index < -0.39 is 11.6 Å². The van der Waals surface area contributed by atoms with Gasteiger partial charge in [-0.15, -0.1) is 0 Å². The molecule has 1 aromatic heterocycles. The van der Waals surface area contributed by atoms with Gasteiger partial charge in [-0.05, 0) is 24.6 Å². The number of hydrogen-bond acceptors (Lipinski definition) is 3. The molecule has 0 atom stereocenters. The van der Waals surface area contributed by atoms with Crippen molar-refractivity contribution in [2.75, 3.05) is 5.73 Å². The number of aromatic nitrogens is 1. The molecule has 0 radical (unpaired) electrons. The molecule has 0 saturated carbocycles. The molecule has 3 nitrogen and oxygen atoms in total. The second-order valence-corrected chi connectivity index (χ2v) is 3.35. The fourth-order valence-corrected chi connectivity index (χ4v) is 1.55. The molecule has 1 aromatic carbocycles. The summed E-state index contributed by atoms with van der Waals surface area (Å²) in [5.74, 6) is -0.939. The van der Waals surface area contributed by atoms with Crippen LogP contribution in [0.25, 0.3) is 11.3 Å². The fourth-order valence-electron chi connectivity index (χ4n) is 1.55. The van der Waals surface area contributed by atoms with Crippen LogP contribution in [0.3, 0.4) is 0 Å². The van der Waals surface area contributed by atoms with Crippen molar-refractivity contribution in [3.05, 3.63) is 35.4 Å². The zero-order valence-electron chi connectivity index (χ0n) is 8.63. The van der Waals surface area contributed by atoms with Crippen molar-refractivity contribution in [2.24, 2.45) is 0 Å². The zero-order chi connectivity index (χ0) is 11.7. The first kappa shape index (κ1) is 10.6. The highest BCUT2D eigenvalue weighted by Gasteiger charge is 2.17. The van der Waals surface area contributed by atoms with Crippen LogP contribution in [0.2, 0.25) is 0 Å². The molecule has 2 rings (SSSR count). The van der Waals surface area contributed by atoms with Crippen molar-refractivity contribution in [1.29, 1.82) is 0 Å². The molecule has 0 spiro atoms. The van der Waals surface area contributed by atoms with E-state index in [-0.39, 0.29) is 17.1 Å². The molecule has 16 heavy (non-hydrogen) atoms. The lowest BCUT2D eigenvalue weighted by Crippen LogP contribution is -1.92. The number of rotatable bonds is 2. The predicted molar refractivity (Wildman–Crippen MR) is 55.6 cm³/mol. The summed E-state index contributed by atoms with van der Waals surface area (Å²) < 4.78 is 31.3. The summed E-state index contributed by atoms with van der Waals surface area (Å²) in [7, 11) is 0. The van der Waals surface area contributed by atoms with E-state index >= 15 is 0 Å². The van der Waals surface area contributed by atoms with Crippen LogP contribution in [0.15, 0.2) is 22.7 Å². The maximum atomic E-state index is 13.5. The molecule has 0 bridgehead atoms. The summed E-state index contributed by atoms with van der Waals surface area (Å²) in [6.07, 6.45) is 0.542. The quantitative estimate of drug-likeness (QED) is 0.853. The van der Waals surface area contributed by atoms with Gasteiger partial charge in [-0.25, -0.2) is 8.78 Å². The highest BCUT2D eigenvalue weighted by Crippen LogP contribution is 2.29. The fraction of sp³-hybridized carbons (Fsp3) is 0.182. The van der Waals surface area contributed by atoms with Crippen LogP contribution < -0.4 is 5.73 Å². The van der Waals surface area contributed by atoms with Crippen LogP contribution in [0.5, 0.6) is 0 Å². The van der Waals surface area contributed by atoms with Crippen LogP contribution in [0.1, 0.15) is 12.5 Å². The highest BCUT2D eigenvalue weighted by molar-refractivity contribution is 5.67. The average Bonchev–Trinajstić information content (AvgIpc) is 2.63. The van der Waals surface area contributed by atoms with Crippen molar-refractivity contribution in [3.63, 3.8) is 0 Å². The van der Waals surface area contributed by atoms with Crippen molar-refractivity contribution >= 4 is 5.88 Å². The molecule has 84 valence electrons. The van der Waals surface area contributed by atoms with Crippen LogP contribution in [-0.4, -0.2) is 5.16 Å². The van der Waals surface area contributed by atoms with Gasteiger partial charge in [0.15, 0.2) is 0 Å². The summed E-state index contributed by atoms with van der Waals surface area (Å²) in [5, 5.41) is 3.65. The number of anilines is 1. The lowest BCUT2D eigenvalue weighted by molar-refractivity contribution is 0.438. The minimum atomic E-state index is -0.551. The van der Waals surface area contributed by atoms with Gasteiger partial charge in [-0.1, -0.05) is 12.1 Å². The Labute approximate surface area is 90.9 Å². The van der Waals surface area contributed by atoms with Gasteiger partial charge in [0.1, 0.15) is 17.3 Å². The molecule has 0 aliphatic heterocycles. The molecular formula is C11H10F2N2O. The molecule has 2 aromatic rings. The molecule has 0 saturated heterocycles. The summed E-state index contributed by atoms with van der Waals surface area (Å²) in [6, 6.07) is 3.18. The van der Waals surface area contributed by atoms with Crippen LogP contribution in [-0.2, 0) is 6.42 Å². The third kappa shape index (κ3) is 1.64. The van der Waals surface area contributed by atoms with E-state index in [9.17, 15) is 8.78 Å². The number of nitrogens with zero attached hydrogens (tertiary/aromatic N) is 1. The minimum absolute atomic E-state index is 0.0669. The second kappa shape index (κ2) is 3.92. The zero-order valence-corrected chi connectivity index (χ0v) is 8.63. The SMILES string of the molecule is CCc1c(-c2cc(F)ccc2F)noc1N. The molecule has 2 N–H and O–H groups in total. The van der Waals surface area contributed by atoms with Gasteiger partial charge >= 0.3 is 0 Å². The molecule has 0 aliphatic carbocycles. The number of nitrogen functional groups attached to an aromatic ring is 1. The Hall–Kier alpha value is -1.91. The molecular weight excluding hydrogens is 214 g/mol. The second-order valence-electron chi connectivity index (χ2n) is 3.35. The lowest BCUT2D eigenvalue weighted by Gasteiger charge is -2.01. The molecule has 0 unspecified atom stereocenters. The van der Waals surface area contributed by atoms with E-state index in [2.05, 4.69) is 5.16 Å². The Morgan fingerprint density at radius 3 is 2.81 bits per heavy atom. The van der Waals surface area contributed by atoms with Gasteiger partial charge in [0.05, 0.1) is 0 Å². The monoisotopic (exact) mass is 224 g/mol. The normalized spacial score (nSPS) is 10.7. The van der Waals surface area contributed by atoms with E-state index in [4.69, 9.17) is 10.3 Å². The summed E-state index contributed by atoms with van der Waals surface area (Å²) in [4.78, 5) is 0. The van der Waals surface area contributed by atoms with E-state index in [0.717, 1.165) is 18.2 Å². The first-order chi connectivity index (χ1) is 7.63. The third-order valence-electron chi connectivity index (χ3n) is 2.36. The summed E-state index contributed by atoms with van der Waals surface area (Å²) >= 11 is 0. The van der Waals surface area contributed by atoms with Crippen LogP contribution in [0.4, 0.5) is 14.7 Å². The Morgan fingerprint density at radius 2 is 2.12 bits per heavy atom. The molecule has 0 amide bonds. The number of hydrogen-bond donors (Lipinski definition) is 1. The lowest BCUT2D eigenvalue weighted by atomic mass is 10.1. The smallest absolute Gasteiger partial charge is 0.225 e. The van der Waals surface area contributed by atoms with Gasteiger partial charge < -0.3 is 10.3 Å². The highest BCUT2D eigenvalue weighted by atomic mass is 19.1. The standard InChI is InChI=1S/C11H10F2N2O/c1-2-7-10(15-16-11(7)14)8-5-6(12)3-4-9(8)13/h3-5H,2,14H2,1H3. The summed E-state index contributed by atoms with van der Waals surface area (Å²) in [6.45, 7) is 1.84. The van der Waals surface area contributed by atoms with Gasteiger partial charge in [0.25, 0.3) is 0 Å². The van der Waals surface area contributed by atoms with Gasteiger partial charge in [0, 0.05) is 11.1 Å². The van der Waals surface area contributed by atoms with Gasteiger partial charge in [-0.3, -0.25) is 0 Å². The first-order valence-corrected chi connectivity index (χ1v) is 4.83. The van der Waals surface area contributed by atoms with E-state index in [1.165, 1.54) is 0 Å². The Morgan fingerprint density at radius 1 is 1.38 bits per heavy atom. The largest absolute Gasteiger partial charge is 0.367 e. The minimum Gasteiger partial charge on any atom is -0.367 e. The van der Waals surface area contributed by atoms with E-state index in [1.54, 1.807) is 0 Å². The van der Waals surface area contributed by atoms with Crippen molar-refractivity contribution in [2.45, 2.75) is 13.3 Å². The number of benzene rings is 1. The van der Waals surface area contributed by atoms with Gasteiger partial charge in [-0.2, -0.15) is 0 Å². The maximum absolute atomic E-state index is 13.5. The first-order valence-electron chi connectivity index (χ1n) is 4.83. The molecule has 0 fully saturated rings. The molecule has 1 heterocycles. The summed E-state index contributed by atoms with van der Waals surface area (Å²) in [5.41, 5.74) is 6.45. The third-order valence-corrected chi connectivity index (χ3v) is 2.36. The number of halogens is 2. The predicted octanol–water partition coefficient (Wildman–Crippen LogP) is 2.76. The van der Waals surface area contributed by atoms with E-state index in [0.29, 0.717) is 12.0 Å².